The van der Waals surface area contributed by atoms with Crippen LogP contribution in [0.1, 0.15) is 29.3 Å². The fourth-order valence-electron chi connectivity index (χ4n) is 1.55. The van der Waals surface area contributed by atoms with Gasteiger partial charge in [-0.2, -0.15) is 0 Å². The number of carbonyl (C=O) groups is 1. The number of nitrogens with one attached hydrogen (secondary N) is 1. The Labute approximate surface area is 124 Å². The normalized spacial score (nSPS) is 14.1. The van der Waals surface area contributed by atoms with Gasteiger partial charge in [-0.05, 0) is 31.0 Å². The summed E-state index contributed by atoms with van der Waals surface area (Å²) in [6.07, 6.45) is 2.56. The Bertz CT molecular complexity index is 479. The van der Waals surface area contributed by atoms with Crippen molar-refractivity contribution in [1.82, 2.24) is 5.32 Å². The molecule has 0 spiro atoms. The maximum atomic E-state index is 11.0. The van der Waals surface area contributed by atoms with Gasteiger partial charge in [-0.25, -0.2) is 4.79 Å². The van der Waals surface area contributed by atoms with Gasteiger partial charge in [-0.15, -0.1) is 0 Å². The average molecular weight is 348 g/mol. The first-order valence-electron chi connectivity index (χ1n) is 5.95. The molecule has 0 radical (unpaired) electrons. The van der Waals surface area contributed by atoms with Crippen molar-refractivity contribution in [2.75, 3.05) is 12.0 Å². The van der Waals surface area contributed by atoms with Crippen LogP contribution < -0.4 is 5.32 Å². The minimum absolute atomic E-state index is 0.269. The Hall–Kier alpha value is -0.720. The minimum atomic E-state index is -0.931. The van der Waals surface area contributed by atoms with Gasteiger partial charge in [0.15, 0.2) is 0 Å². The van der Waals surface area contributed by atoms with Gasteiger partial charge in [0.25, 0.3) is 0 Å². The molecule has 0 bridgehead atoms. The van der Waals surface area contributed by atoms with E-state index in [1.165, 1.54) is 0 Å². The van der Waals surface area contributed by atoms with Crippen LogP contribution in [0.5, 0.6) is 0 Å². The van der Waals surface area contributed by atoms with Crippen LogP contribution in [0.3, 0.4) is 0 Å². The molecule has 0 aliphatic rings. The van der Waals surface area contributed by atoms with E-state index in [1.807, 2.05) is 6.92 Å². The van der Waals surface area contributed by atoms with Gasteiger partial charge in [0, 0.05) is 39.9 Å². The second kappa shape index (κ2) is 7.77. The molecule has 0 aliphatic carbocycles. The molecule has 19 heavy (non-hydrogen) atoms. The smallest absolute Gasteiger partial charge is 0.335 e. The molecule has 0 amide bonds. The molecule has 2 unspecified atom stereocenters. The van der Waals surface area contributed by atoms with Crippen molar-refractivity contribution in [2.24, 2.45) is 0 Å². The summed E-state index contributed by atoms with van der Waals surface area (Å²) in [6.45, 7) is 2.70. The Morgan fingerprint density at radius 2 is 2.21 bits per heavy atom. The highest BCUT2D eigenvalue weighted by molar-refractivity contribution is 9.10. The Morgan fingerprint density at radius 3 is 2.74 bits per heavy atom. The van der Waals surface area contributed by atoms with Crippen LogP contribution in [0.25, 0.3) is 0 Å². The molecule has 0 aromatic heterocycles. The lowest BCUT2D eigenvalue weighted by atomic mass is 10.1. The third-order valence-electron chi connectivity index (χ3n) is 2.78. The Kier molecular flexibility index (Phi) is 6.68. The van der Waals surface area contributed by atoms with Crippen molar-refractivity contribution in [3.05, 3.63) is 33.8 Å². The third kappa shape index (κ3) is 5.84. The SMILES string of the molecule is CC(CCS(C)=O)NCc1ccc(C(=O)O)cc1Br. The highest BCUT2D eigenvalue weighted by Gasteiger charge is 2.08. The highest BCUT2D eigenvalue weighted by atomic mass is 79.9. The lowest BCUT2D eigenvalue weighted by molar-refractivity contribution is 0.0697. The Morgan fingerprint density at radius 1 is 1.53 bits per heavy atom. The zero-order valence-corrected chi connectivity index (χ0v) is 13.4. The van der Waals surface area contributed by atoms with Crippen molar-refractivity contribution in [3.63, 3.8) is 0 Å². The van der Waals surface area contributed by atoms with Crippen molar-refractivity contribution in [3.8, 4) is 0 Å². The maximum Gasteiger partial charge on any atom is 0.335 e. The monoisotopic (exact) mass is 347 g/mol. The first-order chi connectivity index (χ1) is 8.90. The molecule has 1 rings (SSSR count). The summed E-state index contributed by atoms with van der Waals surface area (Å²) in [5.41, 5.74) is 1.28. The predicted molar refractivity (Wildman–Crippen MR) is 81.0 cm³/mol. The van der Waals surface area contributed by atoms with Crippen molar-refractivity contribution < 1.29 is 14.1 Å². The Balaban J connectivity index is 2.53. The first-order valence-corrected chi connectivity index (χ1v) is 8.47. The number of carboxylic acid groups (broad SMARTS) is 1. The summed E-state index contributed by atoms with van der Waals surface area (Å²) in [5.74, 6) is -0.244. The molecule has 1 aromatic rings. The summed E-state index contributed by atoms with van der Waals surface area (Å²) in [5, 5.41) is 12.2. The summed E-state index contributed by atoms with van der Waals surface area (Å²) >= 11 is 3.38. The van der Waals surface area contributed by atoms with Crippen molar-refractivity contribution in [1.29, 1.82) is 0 Å². The quantitative estimate of drug-likeness (QED) is 0.794. The van der Waals surface area contributed by atoms with Gasteiger partial charge in [-0.3, -0.25) is 4.21 Å². The summed E-state index contributed by atoms with van der Waals surface area (Å²) in [7, 11) is -0.762. The number of aromatic carboxylic acids is 1. The standard InChI is InChI=1S/C13H18BrNO3S/c1-9(5-6-19(2)18)15-8-11-4-3-10(13(16)17)7-12(11)14/h3-4,7,9,15H,5-6,8H2,1-2H3,(H,16,17). The third-order valence-corrected chi connectivity index (χ3v) is 4.33. The average Bonchev–Trinajstić information content (AvgIpc) is 2.34. The molecule has 2 atom stereocenters. The fourth-order valence-corrected chi connectivity index (χ4v) is 2.76. The molecule has 6 heteroatoms. The van der Waals surface area contributed by atoms with Crippen molar-refractivity contribution in [2.45, 2.75) is 25.9 Å². The van der Waals surface area contributed by atoms with Crippen LogP contribution in [-0.2, 0) is 17.3 Å². The summed E-state index contributed by atoms with van der Waals surface area (Å²) in [6, 6.07) is 5.27. The van der Waals surface area contributed by atoms with E-state index in [-0.39, 0.29) is 11.6 Å². The van der Waals surface area contributed by atoms with Crippen LogP contribution in [0, 0.1) is 0 Å². The van der Waals surface area contributed by atoms with E-state index in [4.69, 9.17) is 5.11 Å². The van der Waals surface area contributed by atoms with Gasteiger partial charge >= 0.3 is 5.97 Å². The lowest BCUT2D eigenvalue weighted by Crippen LogP contribution is -2.27. The van der Waals surface area contributed by atoms with Crippen LogP contribution in [0.15, 0.2) is 22.7 Å². The molecule has 106 valence electrons. The van der Waals surface area contributed by atoms with Gasteiger partial charge < -0.3 is 10.4 Å². The number of rotatable bonds is 7. The largest absolute Gasteiger partial charge is 0.478 e. The van der Waals surface area contributed by atoms with Gasteiger partial charge in [-0.1, -0.05) is 22.0 Å². The summed E-state index contributed by atoms with van der Waals surface area (Å²) in [4.78, 5) is 10.8. The number of hydrogen-bond acceptors (Lipinski definition) is 3. The molecule has 0 saturated heterocycles. The van der Waals surface area contributed by atoms with Crippen LogP contribution in [0.4, 0.5) is 0 Å². The van der Waals surface area contributed by atoms with Crippen LogP contribution >= 0.6 is 15.9 Å². The number of halogens is 1. The molecule has 2 N–H and O–H groups in total. The number of hydrogen-bond donors (Lipinski definition) is 2. The van der Waals surface area contributed by atoms with E-state index in [2.05, 4.69) is 21.2 Å². The molecule has 1 aromatic carbocycles. The van der Waals surface area contributed by atoms with E-state index in [1.54, 1.807) is 24.5 Å². The molecule has 0 fully saturated rings. The van der Waals surface area contributed by atoms with Crippen molar-refractivity contribution >= 4 is 32.7 Å². The first kappa shape index (κ1) is 16.3. The highest BCUT2D eigenvalue weighted by Crippen LogP contribution is 2.19. The molecule has 0 heterocycles. The second-order valence-corrected chi connectivity index (χ2v) is 6.87. The maximum absolute atomic E-state index is 11.0. The predicted octanol–water partition coefficient (Wildman–Crippen LogP) is 2.39. The number of benzene rings is 1. The zero-order chi connectivity index (χ0) is 14.4. The summed E-state index contributed by atoms with van der Waals surface area (Å²) < 4.78 is 11.8. The van der Waals surface area contributed by atoms with Crippen LogP contribution in [0.2, 0.25) is 0 Å². The fraction of sp³-hybridized carbons (Fsp3) is 0.462. The topological polar surface area (TPSA) is 66.4 Å². The second-order valence-electron chi connectivity index (χ2n) is 4.46. The van der Waals surface area contributed by atoms with Gasteiger partial charge in [0.05, 0.1) is 5.56 Å². The van der Waals surface area contributed by atoms with E-state index in [0.717, 1.165) is 16.5 Å². The van der Waals surface area contributed by atoms with E-state index >= 15 is 0 Å². The van der Waals surface area contributed by atoms with Gasteiger partial charge in [0.2, 0.25) is 0 Å². The number of carboxylic acids is 1. The zero-order valence-electron chi connectivity index (χ0n) is 11.0. The van der Waals surface area contributed by atoms with Gasteiger partial charge in [0.1, 0.15) is 0 Å². The minimum Gasteiger partial charge on any atom is -0.478 e. The lowest BCUT2D eigenvalue weighted by Gasteiger charge is -2.14. The molecule has 0 aliphatic heterocycles. The molecular weight excluding hydrogens is 330 g/mol. The van der Waals surface area contributed by atoms with E-state index in [0.29, 0.717) is 12.3 Å². The molecule has 4 nitrogen and oxygen atoms in total. The van der Waals surface area contributed by atoms with Crippen LogP contribution in [-0.4, -0.2) is 33.3 Å². The molecule has 0 saturated carbocycles. The van der Waals surface area contributed by atoms with E-state index < -0.39 is 16.8 Å². The molecular formula is C13H18BrNO3S. The van der Waals surface area contributed by atoms with E-state index in [9.17, 15) is 9.00 Å².